The molecule has 9 heteroatoms. The van der Waals surface area contributed by atoms with Crippen molar-refractivity contribution in [1.29, 1.82) is 5.26 Å². The Kier molecular flexibility index (Phi) is 6.04. The lowest BCUT2D eigenvalue weighted by atomic mass is 9.99. The van der Waals surface area contributed by atoms with Crippen LogP contribution in [0.25, 0.3) is 11.1 Å². The van der Waals surface area contributed by atoms with Crippen LogP contribution in [0.3, 0.4) is 0 Å². The average Bonchev–Trinajstić information content (AvgIpc) is 2.72. The molecule has 0 unspecified atom stereocenters. The fourth-order valence-corrected chi connectivity index (χ4v) is 3.19. The van der Waals surface area contributed by atoms with Crippen LogP contribution >= 0.6 is 11.6 Å². The largest absolute Gasteiger partial charge is 0.496 e. The number of ether oxygens (including phenoxy) is 2. The van der Waals surface area contributed by atoms with Gasteiger partial charge < -0.3 is 14.5 Å². The van der Waals surface area contributed by atoms with E-state index in [0.29, 0.717) is 28.1 Å². The number of non-ortho nitro benzene ring substituents is 1. The van der Waals surface area contributed by atoms with E-state index < -0.39 is 10.5 Å². The second-order valence-electron chi connectivity index (χ2n) is 6.37. The van der Waals surface area contributed by atoms with E-state index in [1.54, 1.807) is 31.2 Å². The van der Waals surface area contributed by atoms with Crippen molar-refractivity contribution in [2.75, 3.05) is 7.11 Å². The number of hydrogen-bond donors (Lipinski definition) is 1. The predicted octanol–water partition coefficient (Wildman–Crippen LogP) is 4.37. The minimum Gasteiger partial charge on any atom is -0.496 e. The van der Waals surface area contributed by atoms with Crippen molar-refractivity contribution in [3.8, 4) is 28.7 Å². The molecule has 0 radical (unpaired) electrons. The first-order valence-electron chi connectivity index (χ1n) is 8.72. The van der Waals surface area contributed by atoms with Crippen LogP contribution in [0.2, 0.25) is 5.02 Å². The van der Waals surface area contributed by atoms with Crippen LogP contribution in [0.4, 0.5) is 5.69 Å². The zero-order chi connectivity index (χ0) is 21.8. The molecule has 30 heavy (non-hydrogen) atoms. The monoisotopic (exact) mass is 425 g/mol. The fraction of sp³-hybridized carbons (Fsp3) is 0.143. The Balaban J connectivity index is 1.96. The molecule has 0 saturated carbocycles. The van der Waals surface area contributed by atoms with Gasteiger partial charge >= 0.3 is 0 Å². The third-order valence-corrected chi connectivity index (χ3v) is 4.68. The first-order valence-corrected chi connectivity index (χ1v) is 9.10. The summed E-state index contributed by atoms with van der Waals surface area (Å²) in [5, 5.41) is 20.3. The van der Waals surface area contributed by atoms with Gasteiger partial charge in [-0.2, -0.15) is 5.26 Å². The topological polar surface area (TPSA) is 118 Å². The summed E-state index contributed by atoms with van der Waals surface area (Å²) in [6.07, 6.45) is 0. The van der Waals surface area contributed by atoms with E-state index in [4.69, 9.17) is 21.1 Å². The van der Waals surface area contributed by atoms with Crippen molar-refractivity contribution in [2.45, 2.75) is 13.5 Å². The third-order valence-electron chi connectivity index (χ3n) is 4.38. The Morgan fingerprint density at radius 2 is 1.93 bits per heavy atom. The number of hydrogen-bond acceptors (Lipinski definition) is 6. The van der Waals surface area contributed by atoms with Crippen LogP contribution < -0.4 is 15.0 Å². The minimum atomic E-state index is -0.543. The van der Waals surface area contributed by atoms with E-state index in [2.05, 4.69) is 4.98 Å². The lowest BCUT2D eigenvalue weighted by Gasteiger charge is -2.14. The van der Waals surface area contributed by atoms with Crippen LogP contribution in [0.5, 0.6) is 11.5 Å². The van der Waals surface area contributed by atoms with E-state index in [1.807, 2.05) is 6.07 Å². The number of halogens is 1. The van der Waals surface area contributed by atoms with Gasteiger partial charge in [0, 0.05) is 29.0 Å². The molecule has 8 nitrogen and oxygen atoms in total. The summed E-state index contributed by atoms with van der Waals surface area (Å²) in [6, 6.07) is 12.8. The SMILES string of the molecule is COc1ccc(-c2cc(C)[nH]c(=O)c2C#N)cc1COc1ccc([N+](=O)[O-])cc1Cl. The Labute approximate surface area is 176 Å². The number of rotatable bonds is 6. The molecule has 0 saturated heterocycles. The number of aromatic nitrogens is 1. The van der Waals surface area contributed by atoms with E-state index in [9.17, 15) is 20.2 Å². The number of nitriles is 1. The highest BCUT2D eigenvalue weighted by molar-refractivity contribution is 6.32. The van der Waals surface area contributed by atoms with Crippen molar-refractivity contribution in [3.05, 3.63) is 84.8 Å². The quantitative estimate of drug-likeness (QED) is 0.462. The van der Waals surface area contributed by atoms with Gasteiger partial charge in [-0.3, -0.25) is 14.9 Å². The Hall–Kier alpha value is -3.83. The molecule has 0 aliphatic carbocycles. The molecule has 1 N–H and O–H groups in total. The summed E-state index contributed by atoms with van der Waals surface area (Å²) in [7, 11) is 1.51. The summed E-state index contributed by atoms with van der Waals surface area (Å²) in [5.74, 6) is 0.816. The van der Waals surface area contributed by atoms with E-state index in [0.717, 1.165) is 0 Å². The molecule has 3 rings (SSSR count). The van der Waals surface area contributed by atoms with Gasteiger partial charge in [-0.15, -0.1) is 0 Å². The van der Waals surface area contributed by atoms with Crippen LogP contribution in [-0.4, -0.2) is 17.0 Å². The van der Waals surface area contributed by atoms with Crippen LogP contribution in [-0.2, 0) is 6.61 Å². The highest BCUT2D eigenvalue weighted by atomic mass is 35.5. The molecular formula is C21H16ClN3O5. The lowest BCUT2D eigenvalue weighted by Crippen LogP contribution is -2.12. The van der Waals surface area contributed by atoms with Crippen molar-refractivity contribution in [2.24, 2.45) is 0 Å². The Morgan fingerprint density at radius 1 is 1.20 bits per heavy atom. The summed E-state index contributed by atoms with van der Waals surface area (Å²) >= 11 is 6.08. The van der Waals surface area contributed by atoms with Gasteiger partial charge in [0.05, 0.1) is 17.1 Å². The summed E-state index contributed by atoms with van der Waals surface area (Å²) in [4.78, 5) is 25.0. The van der Waals surface area contributed by atoms with E-state index in [1.165, 1.54) is 25.3 Å². The predicted molar refractivity (Wildman–Crippen MR) is 111 cm³/mol. The molecule has 0 spiro atoms. The number of aryl methyl sites for hydroxylation is 1. The molecule has 0 amide bonds. The normalized spacial score (nSPS) is 10.3. The van der Waals surface area contributed by atoms with Crippen LogP contribution in [0.1, 0.15) is 16.8 Å². The number of nitro groups is 1. The molecule has 0 atom stereocenters. The summed E-state index contributed by atoms with van der Waals surface area (Å²) in [5.41, 5.74) is 1.83. The van der Waals surface area contributed by atoms with Gasteiger partial charge in [0.25, 0.3) is 11.2 Å². The number of methoxy groups -OCH3 is 1. The maximum absolute atomic E-state index is 12.1. The molecule has 1 aromatic heterocycles. The molecule has 2 aromatic carbocycles. The van der Waals surface area contributed by atoms with Gasteiger partial charge in [0.2, 0.25) is 0 Å². The van der Waals surface area contributed by atoms with Gasteiger partial charge in [0.1, 0.15) is 29.7 Å². The van der Waals surface area contributed by atoms with E-state index in [-0.39, 0.29) is 28.6 Å². The highest BCUT2D eigenvalue weighted by Crippen LogP contribution is 2.32. The molecule has 0 aliphatic rings. The fourth-order valence-electron chi connectivity index (χ4n) is 2.96. The maximum atomic E-state index is 12.1. The number of pyridine rings is 1. The first-order chi connectivity index (χ1) is 14.3. The van der Waals surface area contributed by atoms with Gasteiger partial charge in [0.15, 0.2) is 0 Å². The molecule has 1 heterocycles. The number of benzene rings is 2. The lowest BCUT2D eigenvalue weighted by molar-refractivity contribution is -0.384. The minimum absolute atomic E-state index is 0.0102. The van der Waals surface area contributed by atoms with Gasteiger partial charge in [-0.25, -0.2) is 0 Å². The smallest absolute Gasteiger partial charge is 0.271 e. The number of H-pyrrole nitrogens is 1. The summed E-state index contributed by atoms with van der Waals surface area (Å²) in [6.45, 7) is 1.79. The van der Waals surface area contributed by atoms with Crippen LogP contribution in [0, 0.1) is 28.4 Å². The maximum Gasteiger partial charge on any atom is 0.271 e. The first kappa shape index (κ1) is 20.9. The number of nitrogens with one attached hydrogen (secondary N) is 1. The number of aromatic amines is 1. The number of nitro benzene ring substituents is 1. The second kappa shape index (κ2) is 8.68. The van der Waals surface area contributed by atoms with E-state index >= 15 is 0 Å². The zero-order valence-corrected chi connectivity index (χ0v) is 16.8. The van der Waals surface area contributed by atoms with Crippen molar-refractivity contribution in [3.63, 3.8) is 0 Å². The number of nitrogens with zero attached hydrogens (tertiary/aromatic N) is 2. The average molecular weight is 426 g/mol. The van der Waals surface area contributed by atoms with Gasteiger partial charge in [-0.05, 0) is 36.8 Å². The molecule has 0 bridgehead atoms. The standard InChI is InChI=1S/C21H16ClN3O5/c1-12-7-16(17(10-23)21(26)24-12)13-3-5-19(29-2)14(8-13)11-30-20-6-4-15(25(27)28)9-18(20)22/h3-9H,11H2,1-2H3,(H,24,26). The van der Waals surface area contributed by atoms with Crippen molar-refractivity contribution in [1.82, 2.24) is 4.98 Å². The molecule has 0 fully saturated rings. The molecule has 0 aliphatic heterocycles. The second-order valence-corrected chi connectivity index (χ2v) is 6.78. The molecule has 152 valence electrons. The zero-order valence-electron chi connectivity index (χ0n) is 16.1. The van der Waals surface area contributed by atoms with Gasteiger partial charge in [-0.1, -0.05) is 17.7 Å². The highest BCUT2D eigenvalue weighted by Gasteiger charge is 2.15. The van der Waals surface area contributed by atoms with Crippen LogP contribution in [0.15, 0.2) is 47.3 Å². The molecule has 3 aromatic rings. The molecular weight excluding hydrogens is 410 g/mol. The Morgan fingerprint density at radius 3 is 2.57 bits per heavy atom. The van der Waals surface area contributed by atoms with Crippen molar-refractivity contribution >= 4 is 17.3 Å². The Bertz CT molecular complexity index is 1230. The van der Waals surface area contributed by atoms with Crippen molar-refractivity contribution < 1.29 is 14.4 Å². The third kappa shape index (κ3) is 4.26. The summed E-state index contributed by atoms with van der Waals surface area (Å²) < 4.78 is 11.1.